The molecule has 0 unspecified atom stereocenters. The van der Waals surface area contributed by atoms with Gasteiger partial charge in [-0.2, -0.15) is 8.42 Å². The maximum Gasteiger partial charge on any atom is 0.446 e. The predicted molar refractivity (Wildman–Crippen MR) is 62.8 cm³/mol. The van der Waals surface area contributed by atoms with Crippen LogP contribution in [0.5, 0.6) is 5.75 Å². The van der Waals surface area contributed by atoms with Crippen LogP contribution in [0.3, 0.4) is 0 Å². The summed E-state index contributed by atoms with van der Waals surface area (Å²) < 4.78 is 34.4. The van der Waals surface area contributed by atoms with E-state index in [-0.39, 0.29) is 5.39 Å². The van der Waals surface area contributed by atoms with Crippen molar-refractivity contribution in [2.75, 3.05) is 0 Å². The van der Waals surface area contributed by atoms with Crippen molar-refractivity contribution in [3.63, 3.8) is 0 Å². The second kappa shape index (κ2) is 4.24. The highest BCUT2D eigenvalue weighted by atomic mass is 32.3. The van der Waals surface area contributed by atoms with Gasteiger partial charge in [0.2, 0.25) is 5.75 Å². The van der Waals surface area contributed by atoms with Crippen molar-refractivity contribution in [2.24, 2.45) is 0 Å². The lowest BCUT2D eigenvalue weighted by atomic mass is 10.1. The molecule has 2 aromatic rings. The molecule has 1 N–H and O–H groups in total. The summed E-state index contributed by atoms with van der Waals surface area (Å²) in [6, 6.07) is 8.93. The van der Waals surface area contributed by atoms with Crippen LogP contribution in [0.15, 0.2) is 36.4 Å². The lowest BCUT2D eigenvalue weighted by molar-refractivity contribution is -0.385. The minimum atomic E-state index is -4.83. The van der Waals surface area contributed by atoms with E-state index in [1.54, 1.807) is 18.2 Å². The van der Waals surface area contributed by atoms with Gasteiger partial charge in [0, 0.05) is 11.5 Å². The number of fused-ring (bicyclic) bond motifs is 1. The molecule has 0 aliphatic rings. The standard InChI is InChI=1S/C10H7NO6S/c12-11(13)9-6-5-7-3-1-2-4-8(7)10(9)17-18(14,15)16/h1-6H,(H,14,15,16). The van der Waals surface area contributed by atoms with Crippen LogP contribution in [0.25, 0.3) is 10.8 Å². The third kappa shape index (κ3) is 2.39. The first kappa shape index (κ1) is 12.3. The number of hydrogen-bond acceptors (Lipinski definition) is 5. The van der Waals surface area contributed by atoms with Crippen LogP contribution in [-0.2, 0) is 10.4 Å². The highest BCUT2D eigenvalue weighted by Gasteiger charge is 2.22. The molecule has 0 saturated carbocycles. The summed E-state index contributed by atoms with van der Waals surface area (Å²) in [7, 11) is -4.83. The molecule has 0 heterocycles. The molecule has 0 atom stereocenters. The van der Waals surface area contributed by atoms with E-state index < -0.39 is 26.8 Å². The number of nitro benzene ring substituents is 1. The van der Waals surface area contributed by atoms with Gasteiger partial charge in [-0.1, -0.05) is 24.3 Å². The first-order valence-electron chi connectivity index (χ1n) is 4.71. The van der Waals surface area contributed by atoms with E-state index in [1.807, 2.05) is 0 Å². The molecule has 0 bridgehead atoms. The Morgan fingerprint density at radius 2 is 1.83 bits per heavy atom. The van der Waals surface area contributed by atoms with Crippen molar-refractivity contribution in [1.29, 1.82) is 0 Å². The summed E-state index contributed by atoms with van der Waals surface area (Å²) in [5.74, 6) is -0.499. The van der Waals surface area contributed by atoms with Gasteiger partial charge in [-0.15, -0.1) is 0 Å². The largest absolute Gasteiger partial charge is 0.446 e. The third-order valence-corrected chi connectivity index (χ3v) is 2.62. The van der Waals surface area contributed by atoms with Crippen molar-refractivity contribution in [1.82, 2.24) is 0 Å². The van der Waals surface area contributed by atoms with E-state index in [2.05, 4.69) is 4.18 Å². The first-order valence-corrected chi connectivity index (χ1v) is 6.08. The highest BCUT2D eigenvalue weighted by molar-refractivity contribution is 7.81. The van der Waals surface area contributed by atoms with Crippen molar-refractivity contribution in [3.05, 3.63) is 46.5 Å². The van der Waals surface area contributed by atoms with Crippen LogP contribution in [0, 0.1) is 10.1 Å². The van der Waals surface area contributed by atoms with Gasteiger partial charge in [0.05, 0.1) is 4.92 Å². The van der Waals surface area contributed by atoms with Crippen LogP contribution in [-0.4, -0.2) is 17.9 Å². The number of nitrogens with zero attached hydrogens (tertiary/aromatic N) is 1. The predicted octanol–water partition coefficient (Wildman–Crippen LogP) is 1.93. The molecule has 0 amide bonds. The molecule has 0 aliphatic carbocycles. The highest BCUT2D eigenvalue weighted by Crippen LogP contribution is 2.35. The summed E-state index contributed by atoms with van der Waals surface area (Å²) in [6.07, 6.45) is 0. The fraction of sp³-hybridized carbons (Fsp3) is 0. The van der Waals surface area contributed by atoms with Crippen molar-refractivity contribution < 1.29 is 22.1 Å². The Morgan fingerprint density at radius 3 is 2.44 bits per heavy atom. The average molecular weight is 269 g/mol. The molecule has 2 rings (SSSR count). The third-order valence-electron chi connectivity index (χ3n) is 2.24. The Bertz CT molecular complexity index is 724. The summed E-state index contributed by atoms with van der Waals surface area (Å²) in [4.78, 5) is 10.0. The van der Waals surface area contributed by atoms with Gasteiger partial charge in [0.25, 0.3) is 0 Å². The zero-order valence-corrected chi connectivity index (χ0v) is 9.62. The number of nitro groups is 1. The minimum absolute atomic E-state index is 0.226. The molecule has 2 aromatic carbocycles. The normalized spacial score (nSPS) is 11.4. The smallest absolute Gasteiger partial charge is 0.354 e. The van der Waals surface area contributed by atoms with Crippen molar-refractivity contribution in [2.45, 2.75) is 0 Å². The summed E-state index contributed by atoms with van der Waals surface area (Å²) in [5, 5.41) is 11.6. The van der Waals surface area contributed by atoms with Gasteiger partial charge in [0.15, 0.2) is 0 Å². The van der Waals surface area contributed by atoms with E-state index in [0.717, 1.165) is 6.07 Å². The fourth-order valence-corrected chi connectivity index (χ4v) is 1.95. The number of benzene rings is 2. The maximum absolute atomic E-state index is 10.8. The van der Waals surface area contributed by atoms with Crippen LogP contribution in [0.1, 0.15) is 0 Å². The summed E-state index contributed by atoms with van der Waals surface area (Å²) >= 11 is 0. The molecule has 0 spiro atoms. The number of rotatable bonds is 3. The van der Waals surface area contributed by atoms with E-state index in [1.165, 1.54) is 12.1 Å². The Morgan fingerprint density at radius 1 is 1.17 bits per heavy atom. The molecular weight excluding hydrogens is 262 g/mol. The van der Waals surface area contributed by atoms with Gasteiger partial charge in [-0.3, -0.25) is 14.7 Å². The SMILES string of the molecule is O=[N+]([O-])c1ccc2ccccc2c1OS(=O)(=O)O. The van der Waals surface area contributed by atoms with Gasteiger partial charge >= 0.3 is 16.1 Å². The molecule has 0 aromatic heterocycles. The van der Waals surface area contributed by atoms with Crippen molar-refractivity contribution >= 4 is 26.9 Å². The zero-order valence-electron chi connectivity index (χ0n) is 8.81. The Balaban J connectivity index is 2.78. The van der Waals surface area contributed by atoms with Crippen molar-refractivity contribution in [3.8, 4) is 5.75 Å². The van der Waals surface area contributed by atoms with Gasteiger partial charge < -0.3 is 4.18 Å². The van der Waals surface area contributed by atoms with E-state index in [9.17, 15) is 18.5 Å². The first-order chi connectivity index (χ1) is 8.38. The van der Waals surface area contributed by atoms with Crippen LogP contribution < -0.4 is 4.18 Å². The molecule has 7 nitrogen and oxygen atoms in total. The molecule has 18 heavy (non-hydrogen) atoms. The molecule has 0 saturated heterocycles. The van der Waals surface area contributed by atoms with E-state index in [0.29, 0.717) is 5.39 Å². The molecular formula is C10H7NO6S. The molecule has 0 fully saturated rings. The summed E-state index contributed by atoms with van der Waals surface area (Å²) in [5.41, 5.74) is -0.536. The quantitative estimate of drug-likeness (QED) is 0.518. The molecule has 0 aliphatic heterocycles. The Labute approximate surface area is 102 Å². The Kier molecular flexibility index (Phi) is 2.89. The summed E-state index contributed by atoms with van der Waals surface area (Å²) in [6.45, 7) is 0. The topological polar surface area (TPSA) is 107 Å². The second-order valence-electron chi connectivity index (χ2n) is 3.40. The number of hydrogen-bond donors (Lipinski definition) is 1. The average Bonchev–Trinajstić information content (AvgIpc) is 2.27. The molecule has 8 heteroatoms. The monoisotopic (exact) mass is 269 g/mol. The van der Waals surface area contributed by atoms with E-state index >= 15 is 0 Å². The lowest BCUT2D eigenvalue weighted by Crippen LogP contribution is -2.08. The molecule has 94 valence electrons. The minimum Gasteiger partial charge on any atom is -0.354 e. The zero-order chi connectivity index (χ0) is 13.3. The van der Waals surface area contributed by atoms with Gasteiger partial charge in [-0.05, 0) is 11.5 Å². The van der Waals surface area contributed by atoms with Crippen LogP contribution >= 0.6 is 0 Å². The maximum atomic E-state index is 10.8. The molecule has 0 radical (unpaired) electrons. The van der Waals surface area contributed by atoms with Gasteiger partial charge in [0.1, 0.15) is 0 Å². The van der Waals surface area contributed by atoms with Crippen LogP contribution in [0.4, 0.5) is 5.69 Å². The van der Waals surface area contributed by atoms with E-state index in [4.69, 9.17) is 4.55 Å². The fourth-order valence-electron chi connectivity index (χ4n) is 1.57. The second-order valence-corrected chi connectivity index (χ2v) is 4.43. The Hall–Kier alpha value is -2.19. The van der Waals surface area contributed by atoms with Gasteiger partial charge in [-0.25, -0.2) is 0 Å². The lowest BCUT2D eigenvalue weighted by Gasteiger charge is -2.06. The van der Waals surface area contributed by atoms with Crippen LogP contribution in [0.2, 0.25) is 0 Å².